The Balaban J connectivity index is 1.65. The number of nitrogens with zero attached hydrogens (tertiary/aromatic N) is 2. The van der Waals surface area contributed by atoms with Crippen LogP contribution in [-0.4, -0.2) is 46.2 Å². The topological polar surface area (TPSA) is 56.4 Å². The average molecular weight is 416 g/mol. The number of H-pyrrole nitrogens is 1. The van der Waals surface area contributed by atoms with Gasteiger partial charge in [0, 0.05) is 39.6 Å². The SMILES string of the molecule is Cc1c([C@H]2c3[nH]c4ccccc4c3C[C@@H]3C(=O)N(C)CC(=O)N23)sc2ccccc12. The molecule has 2 aromatic heterocycles. The van der Waals surface area contributed by atoms with Crippen molar-refractivity contribution in [3.05, 3.63) is 70.2 Å². The van der Waals surface area contributed by atoms with Crippen LogP contribution in [0.25, 0.3) is 21.0 Å². The molecule has 1 N–H and O–H groups in total. The maximum absolute atomic E-state index is 13.2. The molecule has 2 aliphatic heterocycles. The van der Waals surface area contributed by atoms with E-state index in [-0.39, 0.29) is 24.4 Å². The summed E-state index contributed by atoms with van der Waals surface area (Å²) in [5.74, 6) is 0.0301. The molecule has 6 rings (SSSR count). The summed E-state index contributed by atoms with van der Waals surface area (Å²) in [7, 11) is 1.72. The van der Waals surface area contributed by atoms with Crippen LogP contribution in [0.1, 0.15) is 27.7 Å². The first kappa shape index (κ1) is 17.7. The summed E-state index contributed by atoms with van der Waals surface area (Å²) in [4.78, 5) is 34.5. The number of hydrogen-bond acceptors (Lipinski definition) is 3. The maximum atomic E-state index is 13.2. The second kappa shape index (κ2) is 6.19. The molecular weight excluding hydrogens is 394 g/mol. The first-order chi connectivity index (χ1) is 14.5. The van der Waals surface area contributed by atoms with Gasteiger partial charge in [0.05, 0.1) is 6.54 Å². The fraction of sp³-hybridized carbons (Fsp3) is 0.250. The second-order valence-electron chi connectivity index (χ2n) is 8.27. The van der Waals surface area contributed by atoms with Gasteiger partial charge in [0.1, 0.15) is 12.1 Å². The lowest BCUT2D eigenvalue weighted by Crippen LogP contribution is -2.62. The summed E-state index contributed by atoms with van der Waals surface area (Å²) in [6, 6.07) is 15.8. The van der Waals surface area contributed by atoms with Gasteiger partial charge in [-0.15, -0.1) is 11.3 Å². The number of hydrogen-bond donors (Lipinski definition) is 1. The third kappa shape index (κ3) is 2.28. The maximum Gasteiger partial charge on any atom is 0.245 e. The first-order valence-electron chi connectivity index (χ1n) is 10.2. The molecule has 0 radical (unpaired) electrons. The fourth-order valence-corrected chi connectivity index (χ4v) is 6.46. The number of fused-ring (bicyclic) bond motifs is 5. The summed E-state index contributed by atoms with van der Waals surface area (Å²) in [5.41, 5.74) is 4.45. The van der Waals surface area contributed by atoms with Crippen molar-refractivity contribution < 1.29 is 9.59 Å². The van der Waals surface area contributed by atoms with Crippen LogP contribution in [0.4, 0.5) is 0 Å². The molecule has 2 atom stereocenters. The van der Waals surface area contributed by atoms with Gasteiger partial charge >= 0.3 is 0 Å². The Hall–Kier alpha value is -3.12. The van der Waals surface area contributed by atoms with Crippen LogP contribution in [0.15, 0.2) is 48.5 Å². The van der Waals surface area contributed by atoms with E-state index in [2.05, 4.69) is 42.2 Å². The Morgan fingerprint density at radius 3 is 2.57 bits per heavy atom. The second-order valence-corrected chi connectivity index (χ2v) is 9.35. The van der Waals surface area contributed by atoms with Crippen molar-refractivity contribution in [3.63, 3.8) is 0 Å². The van der Waals surface area contributed by atoms with Crippen LogP contribution >= 0.6 is 11.3 Å². The molecule has 0 unspecified atom stereocenters. The van der Waals surface area contributed by atoms with Crippen LogP contribution in [0.3, 0.4) is 0 Å². The third-order valence-electron chi connectivity index (χ3n) is 6.58. The van der Waals surface area contributed by atoms with Crippen molar-refractivity contribution >= 4 is 44.1 Å². The summed E-state index contributed by atoms with van der Waals surface area (Å²) in [5, 5.41) is 2.36. The Bertz CT molecular complexity index is 1350. The highest BCUT2D eigenvalue weighted by Crippen LogP contribution is 2.47. The number of aromatic nitrogens is 1. The number of amides is 2. The zero-order chi connectivity index (χ0) is 20.6. The van der Waals surface area contributed by atoms with Gasteiger partial charge in [-0.2, -0.15) is 0 Å². The molecule has 1 saturated heterocycles. The normalized spacial score (nSPS) is 21.4. The van der Waals surface area contributed by atoms with Crippen LogP contribution in [0, 0.1) is 6.92 Å². The Morgan fingerprint density at radius 2 is 1.77 bits per heavy atom. The molecule has 0 aliphatic carbocycles. The number of nitrogens with one attached hydrogen (secondary N) is 1. The lowest BCUT2D eigenvalue weighted by Gasteiger charge is -2.46. The fourth-order valence-electron chi connectivity index (χ4n) is 5.14. The molecule has 0 spiro atoms. The number of benzene rings is 2. The van der Waals surface area contributed by atoms with Crippen molar-refractivity contribution in [3.8, 4) is 0 Å². The van der Waals surface area contributed by atoms with Gasteiger partial charge in [0.25, 0.3) is 0 Å². The van der Waals surface area contributed by atoms with Gasteiger partial charge in [0.2, 0.25) is 11.8 Å². The number of aromatic amines is 1. The van der Waals surface area contributed by atoms with E-state index >= 15 is 0 Å². The Morgan fingerprint density at radius 1 is 1.03 bits per heavy atom. The van der Waals surface area contributed by atoms with Crippen molar-refractivity contribution in [2.75, 3.05) is 13.6 Å². The minimum atomic E-state index is -0.461. The summed E-state index contributed by atoms with van der Waals surface area (Å²) < 4.78 is 1.21. The van der Waals surface area contributed by atoms with Gasteiger partial charge in [0.15, 0.2) is 0 Å². The largest absolute Gasteiger partial charge is 0.356 e. The molecule has 2 aliphatic rings. The molecule has 2 amide bonds. The quantitative estimate of drug-likeness (QED) is 0.511. The standard InChI is InChI=1S/C24H21N3O2S/c1-13-14-7-4-6-10-19(14)30-23(13)22-21-16(15-8-3-5-9-17(15)25-21)11-18-24(29)26(2)12-20(28)27(18)22/h3-10,18,22,25H,11-12H2,1-2H3/t18-,22-/m1/s1. The molecule has 150 valence electrons. The molecule has 2 aromatic carbocycles. The van der Waals surface area contributed by atoms with Crippen molar-refractivity contribution in [2.45, 2.75) is 25.4 Å². The molecule has 4 aromatic rings. The number of rotatable bonds is 1. The number of para-hydroxylation sites is 1. The van der Waals surface area contributed by atoms with Crippen molar-refractivity contribution in [2.24, 2.45) is 0 Å². The van der Waals surface area contributed by atoms with E-state index in [1.165, 1.54) is 15.6 Å². The number of carbonyl (C=O) groups is 2. The lowest BCUT2D eigenvalue weighted by atomic mass is 9.88. The highest BCUT2D eigenvalue weighted by atomic mass is 32.1. The van der Waals surface area contributed by atoms with Gasteiger partial charge in [-0.05, 0) is 35.6 Å². The van der Waals surface area contributed by atoms with E-state index in [0.29, 0.717) is 6.42 Å². The number of piperazine rings is 1. The van der Waals surface area contributed by atoms with E-state index in [9.17, 15) is 9.59 Å². The van der Waals surface area contributed by atoms with E-state index in [0.717, 1.165) is 27.0 Å². The highest BCUT2D eigenvalue weighted by molar-refractivity contribution is 7.19. The molecule has 0 bridgehead atoms. The average Bonchev–Trinajstić information content (AvgIpc) is 3.29. The number of aryl methyl sites for hydroxylation is 1. The third-order valence-corrected chi connectivity index (χ3v) is 7.91. The van der Waals surface area contributed by atoms with Gasteiger partial charge < -0.3 is 14.8 Å². The predicted octanol–water partition coefficient (Wildman–Crippen LogP) is 4.01. The number of thiophene rings is 1. The molecular formula is C24H21N3O2S. The minimum absolute atomic E-state index is 0.00765. The summed E-state index contributed by atoms with van der Waals surface area (Å²) >= 11 is 1.72. The Labute approximate surface area is 177 Å². The lowest BCUT2D eigenvalue weighted by molar-refractivity contribution is -0.157. The Kier molecular flexibility index (Phi) is 3.65. The molecule has 1 fully saturated rings. The highest BCUT2D eigenvalue weighted by Gasteiger charge is 2.48. The number of carbonyl (C=O) groups excluding carboxylic acids is 2. The van der Waals surface area contributed by atoms with E-state index in [1.54, 1.807) is 23.3 Å². The van der Waals surface area contributed by atoms with E-state index in [4.69, 9.17) is 0 Å². The molecule has 4 heterocycles. The summed E-state index contributed by atoms with van der Waals surface area (Å²) in [6.07, 6.45) is 0.550. The van der Waals surface area contributed by atoms with Crippen LogP contribution in [0.5, 0.6) is 0 Å². The van der Waals surface area contributed by atoms with Crippen LogP contribution < -0.4 is 0 Å². The van der Waals surface area contributed by atoms with Gasteiger partial charge in [-0.1, -0.05) is 36.4 Å². The molecule has 30 heavy (non-hydrogen) atoms. The van der Waals surface area contributed by atoms with Crippen molar-refractivity contribution in [1.29, 1.82) is 0 Å². The monoisotopic (exact) mass is 415 g/mol. The van der Waals surface area contributed by atoms with Gasteiger partial charge in [-0.3, -0.25) is 9.59 Å². The van der Waals surface area contributed by atoms with Crippen LogP contribution in [-0.2, 0) is 16.0 Å². The van der Waals surface area contributed by atoms with Gasteiger partial charge in [-0.25, -0.2) is 0 Å². The first-order valence-corrected chi connectivity index (χ1v) is 11.0. The molecule has 6 heteroatoms. The zero-order valence-corrected chi connectivity index (χ0v) is 17.6. The predicted molar refractivity (Wildman–Crippen MR) is 119 cm³/mol. The number of likely N-dealkylation sites (N-methyl/N-ethyl adjacent to an activating group) is 1. The zero-order valence-electron chi connectivity index (χ0n) is 16.8. The van der Waals surface area contributed by atoms with Crippen molar-refractivity contribution in [1.82, 2.24) is 14.8 Å². The molecule has 5 nitrogen and oxygen atoms in total. The van der Waals surface area contributed by atoms with Crippen LogP contribution in [0.2, 0.25) is 0 Å². The summed E-state index contributed by atoms with van der Waals surface area (Å²) in [6.45, 7) is 2.26. The van der Waals surface area contributed by atoms with E-state index in [1.807, 2.05) is 23.1 Å². The smallest absolute Gasteiger partial charge is 0.245 e. The molecule has 0 saturated carbocycles. The minimum Gasteiger partial charge on any atom is -0.356 e. The van der Waals surface area contributed by atoms with E-state index < -0.39 is 6.04 Å².